The molecule has 0 radical (unpaired) electrons. The Balaban J connectivity index is 1.72. The van der Waals surface area contributed by atoms with Gasteiger partial charge in [0.05, 0.1) is 0 Å². The van der Waals surface area contributed by atoms with Crippen molar-refractivity contribution >= 4 is 16.9 Å². The molecule has 1 saturated heterocycles. The molecule has 2 rings (SSSR count). The van der Waals surface area contributed by atoms with Gasteiger partial charge in [0, 0.05) is 18.3 Å². The van der Waals surface area contributed by atoms with Gasteiger partial charge in [0.25, 0.3) is 0 Å². The van der Waals surface area contributed by atoms with E-state index in [2.05, 4.69) is 26.1 Å². The van der Waals surface area contributed by atoms with E-state index in [1.54, 1.807) is 0 Å². The fourth-order valence-corrected chi connectivity index (χ4v) is 3.92. The van der Waals surface area contributed by atoms with E-state index in [-0.39, 0.29) is 0 Å². The number of nitrogens with zero attached hydrogens (tertiary/aromatic N) is 1. The number of amidine groups is 1. The quantitative estimate of drug-likeness (QED) is 0.830. The van der Waals surface area contributed by atoms with Crippen LogP contribution in [0.5, 0.6) is 0 Å². The lowest BCUT2D eigenvalue weighted by molar-refractivity contribution is 0.500. The number of hydrogen-bond acceptors (Lipinski definition) is 2. The fraction of sp³-hybridized carbons (Fsp3) is 0.929. The van der Waals surface area contributed by atoms with Crippen LogP contribution in [0.25, 0.3) is 0 Å². The van der Waals surface area contributed by atoms with Gasteiger partial charge in [-0.25, -0.2) is 0 Å². The van der Waals surface area contributed by atoms with Crippen molar-refractivity contribution in [3.8, 4) is 0 Å². The molecule has 3 atom stereocenters. The zero-order chi connectivity index (χ0) is 12.3. The number of rotatable bonds is 4. The highest BCUT2D eigenvalue weighted by Crippen LogP contribution is 2.30. The maximum atomic E-state index is 4.77. The molecule has 1 aliphatic heterocycles. The van der Waals surface area contributed by atoms with Crippen LogP contribution in [0.1, 0.15) is 46.5 Å². The van der Waals surface area contributed by atoms with Crippen molar-refractivity contribution in [3.63, 3.8) is 0 Å². The lowest BCUT2D eigenvalue weighted by Gasteiger charge is -2.12. The lowest BCUT2D eigenvalue weighted by Crippen LogP contribution is -2.28. The standard InChI is InChI=1S/C14H26N2S/c1-10(2)6-13-9-17-14(16-13)15-8-12-5-4-11(3)7-12/h10-13H,4-9H2,1-3H3,(H,15,16). The van der Waals surface area contributed by atoms with Crippen LogP contribution in [0.4, 0.5) is 0 Å². The molecular formula is C14H26N2S. The first-order valence-electron chi connectivity index (χ1n) is 7.07. The molecular weight excluding hydrogens is 228 g/mol. The minimum atomic E-state index is 0.654. The monoisotopic (exact) mass is 254 g/mol. The van der Waals surface area contributed by atoms with Crippen LogP contribution >= 0.6 is 11.8 Å². The summed E-state index contributed by atoms with van der Waals surface area (Å²) in [7, 11) is 0. The SMILES string of the molecule is CC(C)CC1CSC(=NCC2CCC(C)C2)N1. The van der Waals surface area contributed by atoms with Crippen molar-refractivity contribution in [1.82, 2.24) is 5.32 Å². The number of hydrogen-bond donors (Lipinski definition) is 1. The van der Waals surface area contributed by atoms with E-state index < -0.39 is 0 Å². The zero-order valence-electron chi connectivity index (χ0n) is 11.4. The first kappa shape index (κ1) is 13.3. The Morgan fingerprint density at radius 2 is 2.24 bits per heavy atom. The average Bonchev–Trinajstić information content (AvgIpc) is 2.84. The molecule has 1 saturated carbocycles. The smallest absolute Gasteiger partial charge is 0.156 e. The third-order valence-electron chi connectivity index (χ3n) is 3.80. The average molecular weight is 254 g/mol. The van der Waals surface area contributed by atoms with Gasteiger partial charge in [-0.3, -0.25) is 4.99 Å². The Hall–Kier alpha value is -0.180. The number of thioether (sulfide) groups is 1. The molecule has 1 N–H and O–H groups in total. The van der Waals surface area contributed by atoms with E-state index in [9.17, 15) is 0 Å². The van der Waals surface area contributed by atoms with Crippen molar-refractivity contribution in [3.05, 3.63) is 0 Å². The summed E-state index contributed by atoms with van der Waals surface area (Å²) in [5.41, 5.74) is 0. The summed E-state index contributed by atoms with van der Waals surface area (Å²) in [5, 5.41) is 4.77. The van der Waals surface area contributed by atoms with Crippen LogP contribution in [0.15, 0.2) is 4.99 Å². The van der Waals surface area contributed by atoms with Crippen molar-refractivity contribution < 1.29 is 0 Å². The van der Waals surface area contributed by atoms with Gasteiger partial charge in [-0.2, -0.15) is 0 Å². The van der Waals surface area contributed by atoms with Crippen LogP contribution in [-0.2, 0) is 0 Å². The molecule has 17 heavy (non-hydrogen) atoms. The summed E-state index contributed by atoms with van der Waals surface area (Å²) in [5.74, 6) is 3.77. The van der Waals surface area contributed by atoms with Crippen molar-refractivity contribution in [2.45, 2.75) is 52.5 Å². The molecule has 98 valence electrons. The molecule has 1 aliphatic carbocycles. The van der Waals surface area contributed by atoms with Crippen LogP contribution in [0.3, 0.4) is 0 Å². The number of aliphatic imine (C=N–C) groups is 1. The molecule has 3 unspecified atom stereocenters. The Kier molecular flexibility index (Phi) is 4.78. The van der Waals surface area contributed by atoms with E-state index in [0.29, 0.717) is 6.04 Å². The molecule has 0 aromatic heterocycles. The summed E-state index contributed by atoms with van der Waals surface area (Å²) in [4.78, 5) is 4.77. The van der Waals surface area contributed by atoms with Gasteiger partial charge in [0.1, 0.15) is 0 Å². The number of nitrogens with one attached hydrogen (secondary N) is 1. The van der Waals surface area contributed by atoms with Crippen molar-refractivity contribution in [2.24, 2.45) is 22.7 Å². The largest absolute Gasteiger partial charge is 0.361 e. The van der Waals surface area contributed by atoms with E-state index in [1.807, 2.05) is 11.8 Å². The molecule has 2 nitrogen and oxygen atoms in total. The topological polar surface area (TPSA) is 24.4 Å². The van der Waals surface area contributed by atoms with E-state index in [4.69, 9.17) is 4.99 Å². The first-order valence-corrected chi connectivity index (χ1v) is 8.05. The maximum absolute atomic E-state index is 4.77. The predicted molar refractivity (Wildman–Crippen MR) is 77.6 cm³/mol. The Bertz CT molecular complexity index is 275. The van der Waals surface area contributed by atoms with Gasteiger partial charge in [0.15, 0.2) is 5.17 Å². The van der Waals surface area contributed by atoms with Gasteiger partial charge in [-0.05, 0) is 37.0 Å². The molecule has 0 bridgehead atoms. The fourth-order valence-electron chi connectivity index (χ4n) is 2.93. The highest BCUT2D eigenvalue weighted by molar-refractivity contribution is 8.14. The Morgan fingerprint density at radius 1 is 1.41 bits per heavy atom. The normalized spacial score (nSPS) is 35.8. The second-order valence-corrected chi connectivity index (χ2v) is 7.22. The summed E-state index contributed by atoms with van der Waals surface area (Å²) >= 11 is 1.92. The second-order valence-electron chi connectivity index (χ2n) is 6.21. The minimum absolute atomic E-state index is 0.654. The third-order valence-corrected chi connectivity index (χ3v) is 4.89. The van der Waals surface area contributed by atoms with Gasteiger partial charge >= 0.3 is 0 Å². The summed E-state index contributed by atoms with van der Waals surface area (Å²) < 4.78 is 0. The molecule has 2 fully saturated rings. The summed E-state index contributed by atoms with van der Waals surface area (Å²) in [6, 6.07) is 0.654. The molecule has 0 spiro atoms. The van der Waals surface area contributed by atoms with Crippen LogP contribution in [-0.4, -0.2) is 23.5 Å². The Labute approximate surface area is 110 Å². The molecule has 1 heterocycles. The highest BCUT2D eigenvalue weighted by Gasteiger charge is 2.23. The van der Waals surface area contributed by atoms with Crippen LogP contribution in [0.2, 0.25) is 0 Å². The first-order chi connectivity index (χ1) is 8.13. The molecule has 0 aromatic rings. The predicted octanol–water partition coefficient (Wildman–Crippen LogP) is 3.53. The van der Waals surface area contributed by atoms with Gasteiger partial charge in [-0.1, -0.05) is 39.0 Å². The van der Waals surface area contributed by atoms with Crippen molar-refractivity contribution in [2.75, 3.05) is 12.3 Å². The molecule has 0 aromatic carbocycles. The van der Waals surface area contributed by atoms with Crippen molar-refractivity contribution in [1.29, 1.82) is 0 Å². The van der Waals surface area contributed by atoms with E-state index >= 15 is 0 Å². The van der Waals surface area contributed by atoms with Crippen LogP contribution in [0, 0.1) is 17.8 Å². The lowest BCUT2D eigenvalue weighted by atomic mass is 10.1. The zero-order valence-corrected chi connectivity index (χ0v) is 12.2. The van der Waals surface area contributed by atoms with Gasteiger partial charge < -0.3 is 5.32 Å². The van der Waals surface area contributed by atoms with Crippen LogP contribution < -0.4 is 5.32 Å². The maximum Gasteiger partial charge on any atom is 0.156 e. The summed E-state index contributed by atoms with van der Waals surface area (Å²) in [6.07, 6.45) is 5.45. The van der Waals surface area contributed by atoms with E-state index in [0.717, 1.165) is 24.3 Å². The highest BCUT2D eigenvalue weighted by atomic mass is 32.2. The summed E-state index contributed by atoms with van der Waals surface area (Å²) in [6.45, 7) is 8.01. The second kappa shape index (κ2) is 6.12. The van der Waals surface area contributed by atoms with Gasteiger partial charge in [-0.15, -0.1) is 0 Å². The molecule has 0 amide bonds. The third kappa shape index (κ3) is 4.20. The molecule has 2 aliphatic rings. The van der Waals surface area contributed by atoms with Gasteiger partial charge in [0.2, 0.25) is 0 Å². The van der Waals surface area contributed by atoms with E-state index in [1.165, 1.54) is 36.6 Å². The minimum Gasteiger partial charge on any atom is -0.361 e. The molecule has 3 heteroatoms. The Morgan fingerprint density at radius 3 is 2.88 bits per heavy atom.